The van der Waals surface area contributed by atoms with Crippen molar-refractivity contribution < 1.29 is 77.8 Å². The van der Waals surface area contributed by atoms with Crippen LogP contribution in [0, 0.1) is 22.7 Å². The number of carbonyl (C=O) groups is 2. The topological polar surface area (TPSA) is 218 Å². The molecule has 3 saturated carbocycles. The van der Waals surface area contributed by atoms with Crippen LogP contribution in [0.15, 0.2) is 11.6 Å². The zero-order chi connectivity index (χ0) is 43.0. The molecule has 16 nitrogen and oxygen atoms in total. The molecule has 0 amide bonds. The monoisotopic (exact) mass is 840 g/mol. The predicted molar refractivity (Wildman–Crippen MR) is 206 cm³/mol. The molecule has 6 fully saturated rings. The first-order valence-electron chi connectivity index (χ1n) is 21.6. The Bertz CT molecular complexity index is 1570. The fourth-order valence-electron chi connectivity index (χ4n) is 12.5. The largest absolute Gasteiger partial charge is 0.459 e. The second-order valence-corrected chi connectivity index (χ2v) is 18.9. The van der Waals surface area contributed by atoms with Crippen molar-refractivity contribution in [2.24, 2.45) is 22.7 Å². The van der Waals surface area contributed by atoms with Crippen molar-refractivity contribution in [1.29, 1.82) is 0 Å². The number of hydrogen-bond donors (Lipinski definition) is 5. The predicted octanol–water partition coefficient (Wildman–Crippen LogP) is 2.21. The molecular weight excluding hydrogens is 772 g/mol. The molecule has 0 aromatic rings. The fraction of sp³-hybridized carbons (Fsp3) is 0.907. The van der Waals surface area contributed by atoms with Gasteiger partial charge in [0.25, 0.3) is 0 Å². The third-order valence-electron chi connectivity index (χ3n) is 15.7. The van der Waals surface area contributed by atoms with Gasteiger partial charge in [-0.1, -0.05) is 25.5 Å². The molecule has 4 aliphatic carbocycles. The second kappa shape index (κ2) is 16.8. The Kier molecular flexibility index (Phi) is 12.9. The SMILES string of the molecule is COC1CC(OC2C(C)OC(OC3C=C4CCC5(O)C(C(OC(C)=O)C(O)C6(C)C(C(C)=O)CCC56O)C4(C)CC3)CC2OC)OC(C)C1OC1CC(O)C(O)C(C)O1. The Balaban J connectivity index is 1.01. The standard InChI is InChI=1S/C43H68O16/c1-20(44)27-12-15-43(50)41(27,7)39(48)37(56-24(5)45)38-40(6)13-11-26(16-25(40)10-14-42(38,43)49)57-32-18-29(51-8)36(22(3)54-32)59-33-19-30(52-9)35(23(4)55-33)58-31-17-28(46)34(47)21(2)53-31/h16,21-23,26-39,46-50H,10-15,17-19H2,1-9H3. The maximum atomic E-state index is 12.9. The van der Waals surface area contributed by atoms with E-state index in [9.17, 15) is 35.1 Å². The number of ether oxygens (including phenoxy) is 9. The summed E-state index contributed by atoms with van der Waals surface area (Å²) in [5.74, 6) is -2.33. The van der Waals surface area contributed by atoms with Crippen LogP contribution in [0.3, 0.4) is 0 Å². The second-order valence-electron chi connectivity index (χ2n) is 18.9. The summed E-state index contributed by atoms with van der Waals surface area (Å²) in [4.78, 5) is 25.5. The van der Waals surface area contributed by atoms with Crippen LogP contribution in [0.4, 0.5) is 0 Å². The van der Waals surface area contributed by atoms with E-state index in [0.29, 0.717) is 38.5 Å². The number of rotatable bonds is 10. The number of aliphatic hydroxyl groups excluding tert-OH is 3. The Labute approximate surface area is 347 Å². The average molecular weight is 841 g/mol. The van der Waals surface area contributed by atoms with E-state index in [1.165, 1.54) is 13.8 Å². The van der Waals surface area contributed by atoms with Gasteiger partial charge in [0.1, 0.15) is 47.5 Å². The van der Waals surface area contributed by atoms with E-state index in [2.05, 4.69) is 6.08 Å². The van der Waals surface area contributed by atoms with Gasteiger partial charge in [0.15, 0.2) is 18.9 Å². The van der Waals surface area contributed by atoms with Gasteiger partial charge in [-0.05, 0) is 71.6 Å². The summed E-state index contributed by atoms with van der Waals surface area (Å²) in [6, 6.07) is 0. The number of ketones is 1. The van der Waals surface area contributed by atoms with Crippen molar-refractivity contribution in [3.05, 3.63) is 11.6 Å². The van der Waals surface area contributed by atoms with Gasteiger partial charge >= 0.3 is 5.97 Å². The van der Waals surface area contributed by atoms with Crippen molar-refractivity contribution >= 4 is 11.8 Å². The molecule has 0 bridgehead atoms. The lowest BCUT2D eigenvalue weighted by Crippen LogP contribution is -2.80. The Morgan fingerprint density at radius 3 is 1.85 bits per heavy atom. The number of aliphatic hydroxyl groups is 5. The molecule has 59 heavy (non-hydrogen) atoms. The van der Waals surface area contributed by atoms with Crippen LogP contribution in [-0.4, -0.2) is 155 Å². The van der Waals surface area contributed by atoms with Gasteiger partial charge in [0, 0.05) is 57.7 Å². The maximum absolute atomic E-state index is 12.9. The van der Waals surface area contributed by atoms with E-state index in [0.717, 1.165) is 5.57 Å². The summed E-state index contributed by atoms with van der Waals surface area (Å²) >= 11 is 0. The minimum atomic E-state index is -1.78. The molecule has 0 spiro atoms. The van der Waals surface area contributed by atoms with Crippen molar-refractivity contribution in [2.45, 2.75) is 210 Å². The fourth-order valence-corrected chi connectivity index (χ4v) is 12.5. The van der Waals surface area contributed by atoms with Gasteiger partial charge in [0.2, 0.25) is 0 Å². The number of methoxy groups -OCH3 is 2. The van der Waals surface area contributed by atoms with Crippen molar-refractivity contribution in [2.75, 3.05) is 14.2 Å². The zero-order valence-electron chi connectivity index (χ0n) is 36.0. The summed E-state index contributed by atoms with van der Waals surface area (Å²) in [5.41, 5.74) is -4.70. The average Bonchev–Trinajstić information content (AvgIpc) is 3.47. The number of fused-ring (bicyclic) bond motifs is 5. The zero-order valence-corrected chi connectivity index (χ0v) is 36.0. The molecule has 3 heterocycles. The normalized spacial score (nSPS) is 52.4. The highest BCUT2D eigenvalue weighted by Crippen LogP contribution is 2.70. The van der Waals surface area contributed by atoms with Gasteiger partial charge in [-0.3, -0.25) is 9.59 Å². The first-order chi connectivity index (χ1) is 27.7. The lowest BCUT2D eigenvalue weighted by Gasteiger charge is -2.68. The summed E-state index contributed by atoms with van der Waals surface area (Å²) in [6.07, 6.45) is -5.14. The molecule has 16 heteroatoms. The highest BCUT2D eigenvalue weighted by molar-refractivity contribution is 5.80. The van der Waals surface area contributed by atoms with Crippen LogP contribution in [0.2, 0.25) is 0 Å². The first kappa shape index (κ1) is 45.4. The quantitative estimate of drug-likeness (QED) is 0.157. The van der Waals surface area contributed by atoms with Gasteiger partial charge in [0.05, 0.1) is 42.7 Å². The van der Waals surface area contributed by atoms with E-state index in [1.807, 2.05) is 20.8 Å². The molecular formula is C43H68O16. The number of Topliss-reactive ketones (excluding diaryl/α,β-unsaturated/α-hetero) is 1. The minimum Gasteiger partial charge on any atom is -0.459 e. The molecule has 5 N–H and O–H groups in total. The van der Waals surface area contributed by atoms with Crippen LogP contribution in [0.1, 0.15) is 106 Å². The van der Waals surface area contributed by atoms with Crippen molar-refractivity contribution in [1.82, 2.24) is 0 Å². The van der Waals surface area contributed by atoms with E-state index in [1.54, 1.807) is 28.1 Å². The summed E-state index contributed by atoms with van der Waals surface area (Å²) in [7, 11) is 3.22. The van der Waals surface area contributed by atoms with Crippen molar-refractivity contribution in [3.63, 3.8) is 0 Å². The van der Waals surface area contributed by atoms with E-state index in [-0.39, 0.29) is 31.1 Å². The van der Waals surface area contributed by atoms with Crippen molar-refractivity contribution in [3.8, 4) is 0 Å². The van der Waals surface area contributed by atoms with Gasteiger partial charge in [-0.25, -0.2) is 0 Å². The maximum Gasteiger partial charge on any atom is 0.303 e. The lowest BCUT2D eigenvalue weighted by atomic mass is 9.41. The first-order valence-corrected chi connectivity index (χ1v) is 21.6. The Hall–Kier alpha value is -1.64. The lowest BCUT2D eigenvalue weighted by molar-refractivity contribution is -0.338. The van der Waals surface area contributed by atoms with E-state index < -0.39 is 126 Å². The molecule has 7 aliphatic rings. The third-order valence-corrected chi connectivity index (χ3v) is 15.7. The van der Waals surface area contributed by atoms with Crippen LogP contribution < -0.4 is 0 Å². The van der Waals surface area contributed by atoms with Gasteiger partial charge in [-0.15, -0.1) is 0 Å². The number of hydrogen-bond acceptors (Lipinski definition) is 16. The molecule has 0 aromatic heterocycles. The minimum absolute atomic E-state index is 0.121. The van der Waals surface area contributed by atoms with Crippen LogP contribution >= 0.6 is 0 Å². The molecule has 3 aliphatic heterocycles. The van der Waals surface area contributed by atoms with E-state index in [4.69, 9.17) is 42.6 Å². The molecule has 0 radical (unpaired) electrons. The van der Waals surface area contributed by atoms with Crippen LogP contribution in [0.25, 0.3) is 0 Å². The summed E-state index contributed by atoms with van der Waals surface area (Å²) in [6.45, 7) is 11.8. The molecule has 21 unspecified atom stereocenters. The summed E-state index contributed by atoms with van der Waals surface area (Å²) in [5, 5.41) is 57.8. The smallest absolute Gasteiger partial charge is 0.303 e. The van der Waals surface area contributed by atoms with Crippen LogP contribution in [0.5, 0.6) is 0 Å². The molecule has 0 aromatic carbocycles. The van der Waals surface area contributed by atoms with Crippen LogP contribution in [-0.2, 0) is 52.2 Å². The molecule has 7 rings (SSSR count). The highest BCUT2D eigenvalue weighted by atomic mass is 16.7. The van der Waals surface area contributed by atoms with Gasteiger partial charge < -0.3 is 68.2 Å². The molecule has 3 saturated heterocycles. The Morgan fingerprint density at radius 1 is 0.746 bits per heavy atom. The molecule has 336 valence electrons. The summed E-state index contributed by atoms with van der Waals surface area (Å²) < 4.78 is 55.6. The number of esters is 1. The Morgan fingerprint density at radius 2 is 1.31 bits per heavy atom. The third kappa shape index (κ3) is 7.57. The number of carbonyl (C=O) groups excluding carboxylic acids is 2. The molecule has 21 atom stereocenters. The van der Waals surface area contributed by atoms with Gasteiger partial charge in [-0.2, -0.15) is 0 Å². The van der Waals surface area contributed by atoms with E-state index >= 15 is 0 Å². The highest BCUT2D eigenvalue weighted by Gasteiger charge is 2.80. The number of allylic oxidation sites excluding steroid dienone is 1.